The minimum absolute atomic E-state index is 0.316. The standard InChI is InChI=1S/C13H20BrN3O/c1-9-5-4-6-13(7-9,18-3)12-16-8-10(14)11(15-2)17-12/h8-9H,4-7H2,1-3H3,(H,15,16,17). The number of ether oxygens (including phenoxy) is 1. The minimum atomic E-state index is -0.316. The summed E-state index contributed by atoms with van der Waals surface area (Å²) >= 11 is 3.44. The van der Waals surface area contributed by atoms with Gasteiger partial charge in [-0.05, 0) is 41.1 Å². The molecule has 1 heterocycles. The summed E-state index contributed by atoms with van der Waals surface area (Å²) in [7, 11) is 3.63. The molecule has 1 fully saturated rings. The molecule has 1 N–H and O–H groups in total. The molecule has 1 aromatic rings. The summed E-state index contributed by atoms with van der Waals surface area (Å²) in [5.41, 5.74) is -0.316. The van der Waals surface area contributed by atoms with E-state index in [1.807, 2.05) is 7.05 Å². The van der Waals surface area contributed by atoms with Gasteiger partial charge in [-0.25, -0.2) is 9.97 Å². The third kappa shape index (κ3) is 2.52. The summed E-state index contributed by atoms with van der Waals surface area (Å²) < 4.78 is 6.69. The number of nitrogens with zero attached hydrogens (tertiary/aromatic N) is 2. The average Bonchev–Trinajstić information content (AvgIpc) is 2.39. The Bertz CT molecular complexity index is 427. The molecule has 2 rings (SSSR count). The number of hydrogen-bond donors (Lipinski definition) is 1. The van der Waals surface area contributed by atoms with Gasteiger partial charge in [0, 0.05) is 20.4 Å². The summed E-state index contributed by atoms with van der Waals surface area (Å²) in [5.74, 6) is 2.27. The highest BCUT2D eigenvalue weighted by molar-refractivity contribution is 9.10. The quantitative estimate of drug-likeness (QED) is 0.929. The monoisotopic (exact) mass is 313 g/mol. The highest BCUT2D eigenvalue weighted by atomic mass is 79.9. The lowest BCUT2D eigenvalue weighted by Crippen LogP contribution is -2.36. The van der Waals surface area contributed by atoms with Gasteiger partial charge in [0.05, 0.1) is 4.47 Å². The normalized spacial score (nSPS) is 28.1. The second-order valence-electron chi connectivity index (χ2n) is 5.04. The van der Waals surface area contributed by atoms with Crippen LogP contribution in [-0.4, -0.2) is 24.1 Å². The molecule has 0 aliphatic heterocycles. The van der Waals surface area contributed by atoms with Crippen molar-refractivity contribution in [3.63, 3.8) is 0 Å². The molecule has 18 heavy (non-hydrogen) atoms. The average molecular weight is 314 g/mol. The number of hydrogen-bond acceptors (Lipinski definition) is 4. The molecule has 5 heteroatoms. The summed E-state index contributed by atoms with van der Waals surface area (Å²) in [6.45, 7) is 2.27. The summed E-state index contributed by atoms with van der Waals surface area (Å²) in [6.07, 6.45) is 6.23. The predicted octanol–water partition coefficient (Wildman–Crippen LogP) is 3.33. The highest BCUT2D eigenvalue weighted by Crippen LogP contribution is 2.41. The Morgan fingerprint density at radius 1 is 1.56 bits per heavy atom. The van der Waals surface area contributed by atoms with Gasteiger partial charge in [-0.3, -0.25) is 0 Å². The summed E-state index contributed by atoms with van der Waals surface area (Å²) in [4.78, 5) is 9.06. The van der Waals surface area contributed by atoms with Crippen LogP contribution in [0.2, 0.25) is 0 Å². The molecule has 0 bridgehead atoms. The van der Waals surface area contributed by atoms with Crippen molar-refractivity contribution in [2.45, 2.75) is 38.2 Å². The van der Waals surface area contributed by atoms with Crippen molar-refractivity contribution in [3.8, 4) is 0 Å². The Hall–Kier alpha value is -0.680. The maximum absolute atomic E-state index is 5.81. The first-order valence-electron chi connectivity index (χ1n) is 6.37. The molecule has 1 saturated carbocycles. The third-order valence-corrected chi connectivity index (χ3v) is 4.32. The number of halogens is 1. The lowest BCUT2D eigenvalue weighted by molar-refractivity contribution is -0.0645. The van der Waals surface area contributed by atoms with E-state index < -0.39 is 0 Å². The molecule has 0 saturated heterocycles. The number of anilines is 1. The molecule has 2 atom stereocenters. The lowest BCUT2D eigenvalue weighted by Gasteiger charge is -2.37. The van der Waals surface area contributed by atoms with E-state index in [9.17, 15) is 0 Å². The molecule has 0 radical (unpaired) electrons. The summed E-state index contributed by atoms with van der Waals surface area (Å²) in [5, 5.41) is 3.07. The molecular weight excluding hydrogens is 294 g/mol. The fourth-order valence-electron chi connectivity index (χ4n) is 2.74. The van der Waals surface area contributed by atoms with E-state index in [-0.39, 0.29) is 5.60 Å². The van der Waals surface area contributed by atoms with Crippen molar-refractivity contribution in [2.24, 2.45) is 5.92 Å². The molecule has 100 valence electrons. The fourth-order valence-corrected chi connectivity index (χ4v) is 3.13. The van der Waals surface area contributed by atoms with E-state index in [1.54, 1.807) is 13.3 Å². The zero-order chi connectivity index (χ0) is 13.2. The molecule has 0 spiro atoms. The molecular formula is C13H20BrN3O. The van der Waals surface area contributed by atoms with Crippen molar-refractivity contribution in [2.75, 3.05) is 19.5 Å². The second kappa shape index (κ2) is 5.53. The molecule has 2 unspecified atom stereocenters. The van der Waals surface area contributed by atoms with Crippen LogP contribution >= 0.6 is 15.9 Å². The molecule has 4 nitrogen and oxygen atoms in total. The number of methoxy groups -OCH3 is 1. The van der Waals surface area contributed by atoms with Crippen LogP contribution in [-0.2, 0) is 10.3 Å². The van der Waals surface area contributed by atoms with Crippen molar-refractivity contribution < 1.29 is 4.74 Å². The second-order valence-corrected chi connectivity index (χ2v) is 5.89. The van der Waals surface area contributed by atoms with Crippen LogP contribution in [0.3, 0.4) is 0 Å². The maximum Gasteiger partial charge on any atom is 0.162 e. The topological polar surface area (TPSA) is 47.0 Å². The van der Waals surface area contributed by atoms with Gasteiger partial charge in [-0.15, -0.1) is 0 Å². The first-order valence-corrected chi connectivity index (χ1v) is 7.16. The van der Waals surface area contributed by atoms with Gasteiger partial charge >= 0.3 is 0 Å². The Balaban J connectivity index is 2.37. The largest absolute Gasteiger partial charge is 0.372 e. The fraction of sp³-hybridized carbons (Fsp3) is 0.692. The van der Waals surface area contributed by atoms with E-state index >= 15 is 0 Å². The summed E-state index contributed by atoms with van der Waals surface area (Å²) in [6, 6.07) is 0. The molecule has 0 amide bonds. The molecule has 1 aromatic heterocycles. The van der Waals surface area contributed by atoms with Crippen LogP contribution in [0.1, 0.15) is 38.4 Å². The van der Waals surface area contributed by atoms with Gasteiger partial charge in [-0.2, -0.15) is 0 Å². The first-order chi connectivity index (χ1) is 8.61. The van der Waals surface area contributed by atoms with Crippen LogP contribution < -0.4 is 5.32 Å². The van der Waals surface area contributed by atoms with Crippen molar-refractivity contribution in [1.82, 2.24) is 9.97 Å². The van der Waals surface area contributed by atoms with Gasteiger partial charge in [-0.1, -0.05) is 13.3 Å². The van der Waals surface area contributed by atoms with Crippen LogP contribution in [0.4, 0.5) is 5.82 Å². The van der Waals surface area contributed by atoms with Crippen molar-refractivity contribution in [3.05, 3.63) is 16.5 Å². The molecule has 1 aliphatic carbocycles. The van der Waals surface area contributed by atoms with E-state index in [0.29, 0.717) is 5.92 Å². The Morgan fingerprint density at radius 2 is 2.33 bits per heavy atom. The van der Waals surface area contributed by atoms with E-state index in [4.69, 9.17) is 4.74 Å². The SMILES string of the molecule is CNc1nc(C2(OC)CCCC(C)C2)ncc1Br. The zero-order valence-electron chi connectivity index (χ0n) is 11.2. The van der Waals surface area contributed by atoms with Crippen LogP contribution in [0.15, 0.2) is 10.7 Å². The van der Waals surface area contributed by atoms with Gasteiger partial charge in [0.1, 0.15) is 11.4 Å². The Morgan fingerprint density at radius 3 is 2.94 bits per heavy atom. The lowest BCUT2D eigenvalue weighted by atomic mass is 9.78. The van der Waals surface area contributed by atoms with E-state index in [2.05, 4.69) is 38.1 Å². The minimum Gasteiger partial charge on any atom is -0.372 e. The third-order valence-electron chi connectivity index (χ3n) is 3.73. The van der Waals surface area contributed by atoms with Gasteiger partial charge < -0.3 is 10.1 Å². The van der Waals surface area contributed by atoms with Crippen LogP contribution in [0.25, 0.3) is 0 Å². The predicted molar refractivity (Wildman–Crippen MR) is 75.6 cm³/mol. The maximum atomic E-state index is 5.81. The molecule has 1 aliphatic rings. The highest BCUT2D eigenvalue weighted by Gasteiger charge is 2.39. The van der Waals surface area contributed by atoms with Gasteiger partial charge in [0.2, 0.25) is 0 Å². The van der Waals surface area contributed by atoms with Crippen molar-refractivity contribution in [1.29, 1.82) is 0 Å². The zero-order valence-corrected chi connectivity index (χ0v) is 12.7. The van der Waals surface area contributed by atoms with E-state index in [0.717, 1.165) is 29.0 Å². The Kier molecular flexibility index (Phi) is 4.22. The Labute approximate surface area is 117 Å². The first kappa shape index (κ1) is 13.7. The smallest absolute Gasteiger partial charge is 0.162 e. The number of rotatable bonds is 3. The van der Waals surface area contributed by atoms with Crippen LogP contribution in [0.5, 0.6) is 0 Å². The van der Waals surface area contributed by atoms with Crippen LogP contribution in [0, 0.1) is 5.92 Å². The van der Waals surface area contributed by atoms with Crippen molar-refractivity contribution >= 4 is 21.7 Å². The van der Waals surface area contributed by atoms with E-state index in [1.165, 1.54) is 12.8 Å². The van der Waals surface area contributed by atoms with Gasteiger partial charge in [0.15, 0.2) is 5.82 Å². The van der Waals surface area contributed by atoms with Gasteiger partial charge in [0.25, 0.3) is 0 Å². The molecule has 0 aromatic carbocycles. The number of nitrogens with one attached hydrogen (secondary N) is 1. The number of aromatic nitrogens is 2.